The van der Waals surface area contributed by atoms with Gasteiger partial charge in [0.05, 0.1) is 6.42 Å². The molecule has 58 valence electrons. The molecule has 0 aromatic heterocycles. The number of aliphatic hydroxyl groups is 1. The van der Waals surface area contributed by atoms with E-state index in [4.69, 9.17) is 10.2 Å². The van der Waals surface area contributed by atoms with Crippen LogP contribution in [-0.2, 0) is 4.79 Å². The Labute approximate surface area is 60.0 Å². The summed E-state index contributed by atoms with van der Waals surface area (Å²) >= 11 is 0. The van der Waals surface area contributed by atoms with Crippen LogP contribution >= 0.6 is 0 Å². The van der Waals surface area contributed by atoms with Gasteiger partial charge in [0, 0.05) is 6.61 Å². The van der Waals surface area contributed by atoms with Crippen molar-refractivity contribution in [3.63, 3.8) is 0 Å². The van der Waals surface area contributed by atoms with Crippen molar-refractivity contribution in [3.05, 3.63) is 12.2 Å². The quantitative estimate of drug-likeness (QED) is 0.561. The Morgan fingerprint density at radius 2 is 2.10 bits per heavy atom. The van der Waals surface area contributed by atoms with Gasteiger partial charge < -0.3 is 10.2 Å². The molecule has 0 unspecified atom stereocenters. The smallest absolute Gasteiger partial charge is 0.307 e. The predicted octanol–water partition coefficient (Wildman–Crippen LogP) is 0.790. The molecule has 0 fully saturated rings. The molecule has 3 heteroatoms. The highest BCUT2D eigenvalue weighted by Gasteiger charge is 1.99. The van der Waals surface area contributed by atoms with Gasteiger partial charge in [-0.1, -0.05) is 12.2 Å². The second-order valence-electron chi connectivity index (χ2n) is 2.15. The maximum Gasteiger partial charge on any atom is 0.307 e. The van der Waals surface area contributed by atoms with Gasteiger partial charge in [-0.3, -0.25) is 4.79 Å². The maximum absolute atomic E-state index is 10.0. The van der Waals surface area contributed by atoms with E-state index in [0.717, 1.165) is 0 Å². The van der Waals surface area contributed by atoms with Crippen LogP contribution in [0.5, 0.6) is 0 Å². The zero-order chi connectivity index (χ0) is 7.98. The van der Waals surface area contributed by atoms with Gasteiger partial charge in [-0.2, -0.15) is 0 Å². The monoisotopic (exact) mass is 144 g/mol. The van der Waals surface area contributed by atoms with Crippen molar-refractivity contribution in [3.8, 4) is 0 Å². The summed E-state index contributed by atoms with van der Waals surface area (Å²) in [7, 11) is 0. The highest BCUT2D eigenvalue weighted by molar-refractivity contribution is 5.69. The summed E-state index contributed by atoms with van der Waals surface area (Å²) in [6.07, 6.45) is 1.22. The number of carboxylic acid groups (broad SMARTS) is 1. The summed E-state index contributed by atoms with van der Waals surface area (Å²) < 4.78 is 0. The molecule has 0 aromatic carbocycles. The SMILES string of the molecule is C=C(CCCO)CC(=O)O. The van der Waals surface area contributed by atoms with Crippen molar-refractivity contribution in [1.82, 2.24) is 0 Å². The molecular weight excluding hydrogens is 132 g/mol. The van der Waals surface area contributed by atoms with Crippen LogP contribution in [0.2, 0.25) is 0 Å². The molecule has 0 amide bonds. The van der Waals surface area contributed by atoms with Crippen molar-refractivity contribution in [1.29, 1.82) is 0 Å². The van der Waals surface area contributed by atoms with Gasteiger partial charge in [-0.05, 0) is 12.8 Å². The minimum Gasteiger partial charge on any atom is -0.481 e. The first kappa shape index (κ1) is 9.17. The number of rotatable bonds is 5. The predicted molar refractivity (Wildman–Crippen MR) is 37.7 cm³/mol. The number of carbonyl (C=O) groups is 1. The van der Waals surface area contributed by atoms with Crippen LogP contribution < -0.4 is 0 Å². The summed E-state index contributed by atoms with van der Waals surface area (Å²) in [6.45, 7) is 3.64. The number of carboxylic acids is 1. The fourth-order valence-electron chi connectivity index (χ4n) is 0.631. The molecule has 0 aromatic rings. The summed E-state index contributed by atoms with van der Waals surface area (Å²) in [6, 6.07) is 0. The number of aliphatic carboxylic acids is 1. The zero-order valence-corrected chi connectivity index (χ0v) is 5.84. The molecular formula is C7H12O3. The first-order valence-corrected chi connectivity index (χ1v) is 3.16. The van der Waals surface area contributed by atoms with Gasteiger partial charge >= 0.3 is 5.97 Å². The summed E-state index contributed by atoms with van der Waals surface area (Å²) in [4.78, 5) is 10.0. The van der Waals surface area contributed by atoms with E-state index in [9.17, 15) is 4.79 Å². The van der Waals surface area contributed by atoms with Crippen LogP contribution in [0.3, 0.4) is 0 Å². The molecule has 0 aliphatic heterocycles. The van der Waals surface area contributed by atoms with Gasteiger partial charge in [-0.25, -0.2) is 0 Å². The Balaban J connectivity index is 3.35. The first-order valence-electron chi connectivity index (χ1n) is 3.16. The van der Waals surface area contributed by atoms with Gasteiger partial charge in [0.1, 0.15) is 0 Å². The van der Waals surface area contributed by atoms with Crippen LogP contribution in [-0.4, -0.2) is 22.8 Å². The lowest BCUT2D eigenvalue weighted by Crippen LogP contribution is -1.97. The summed E-state index contributed by atoms with van der Waals surface area (Å²) in [5.74, 6) is -0.858. The number of hydrogen-bond acceptors (Lipinski definition) is 2. The molecule has 0 spiro atoms. The summed E-state index contributed by atoms with van der Waals surface area (Å²) in [5, 5.41) is 16.6. The third kappa shape index (κ3) is 5.31. The van der Waals surface area contributed by atoms with E-state index in [1.807, 2.05) is 0 Å². The van der Waals surface area contributed by atoms with E-state index in [2.05, 4.69) is 6.58 Å². The third-order valence-corrected chi connectivity index (χ3v) is 1.09. The average Bonchev–Trinajstić information content (AvgIpc) is 1.82. The van der Waals surface area contributed by atoms with E-state index in [-0.39, 0.29) is 13.0 Å². The fourth-order valence-corrected chi connectivity index (χ4v) is 0.631. The van der Waals surface area contributed by atoms with Crippen molar-refractivity contribution in [2.24, 2.45) is 0 Å². The highest BCUT2D eigenvalue weighted by Crippen LogP contribution is 2.05. The lowest BCUT2D eigenvalue weighted by Gasteiger charge is -1.98. The molecule has 0 radical (unpaired) electrons. The van der Waals surface area contributed by atoms with Gasteiger partial charge in [-0.15, -0.1) is 0 Å². The molecule has 3 nitrogen and oxygen atoms in total. The second-order valence-corrected chi connectivity index (χ2v) is 2.15. The third-order valence-electron chi connectivity index (χ3n) is 1.09. The lowest BCUT2D eigenvalue weighted by molar-refractivity contribution is -0.136. The largest absolute Gasteiger partial charge is 0.481 e. The van der Waals surface area contributed by atoms with Crippen molar-refractivity contribution < 1.29 is 15.0 Å². The van der Waals surface area contributed by atoms with E-state index in [1.54, 1.807) is 0 Å². The Hall–Kier alpha value is -0.830. The zero-order valence-electron chi connectivity index (χ0n) is 5.84. The minimum atomic E-state index is -0.858. The average molecular weight is 144 g/mol. The molecule has 0 aliphatic carbocycles. The standard InChI is InChI=1S/C7H12O3/c1-6(3-2-4-8)5-7(9)10/h8H,1-5H2,(H,9,10). The van der Waals surface area contributed by atoms with E-state index in [0.29, 0.717) is 18.4 Å². The molecule has 0 bridgehead atoms. The first-order chi connectivity index (χ1) is 4.66. The molecule has 0 saturated carbocycles. The Kier molecular flexibility index (Phi) is 4.58. The van der Waals surface area contributed by atoms with Crippen LogP contribution in [0.15, 0.2) is 12.2 Å². The Morgan fingerprint density at radius 3 is 2.50 bits per heavy atom. The van der Waals surface area contributed by atoms with Crippen molar-refractivity contribution in [2.45, 2.75) is 19.3 Å². The molecule has 10 heavy (non-hydrogen) atoms. The van der Waals surface area contributed by atoms with Crippen molar-refractivity contribution in [2.75, 3.05) is 6.61 Å². The van der Waals surface area contributed by atoms with E-state index < -0.39 is 5.97 Å². The molecule has 0 heterocycles. The number of hydrogen-bond donors (Lipinski definition) is 2. The molecule has 0 rings (SSSR count). The van der Waals surface area contributed by atoms with Crippen LogP contribution in [0.1, 0.15) is 19.3 Å². The topological polar surface area (TPSA) is 57.5 Å². The second kappa shape index (κ2) is 4.99. The van der Waals surface area contributed by atoms with Crippen molar-refractivity contribution >= 4 is 5.97 Å². The normalized spacial score (nSPS) is 9.30. The van der Waals surface area contributed by atoms with Crippen LogP contribution in [0.4, 0.5) is 0 Å². The van der Waals surface area contributed by atoms with Gasteiger partial charge in [0.2, 0.25) is 0 Å². The van der Waals surface area contributed by atoms with Gasteiger partial charge in [0.15, 0.2) is 0 Å². The van der Waals surface area contributed by atoms with E-state index in [1.165, 1.54) is 0 Å². The Bertz CT molecular complexity index is 129. The van der Waals surface area contributed by atoms with Crippen LogP contribution in [0.25, 0.3) is 0 Å². The molecule has 0 saturated heterocycles. The highest BCUT2D eigenvalue weighted by atomic mass is 16.4. The molecule has 0 atom stereocenters. The van der Waals surface area contributed by atoms with Gasteiger partial charge in [0.25, 0.3) is 0 Å². The van der Waals surface area contributed by atoms with E-state index >= 15 is 0 Å². The minimum absolute atomic E-state index is 0.0139. The molecule has 2 N–H and O–H groups in total. The number of aliphatic hydroxyl groups excluding tert-OH is 1. The maximum atomic E-state index is 10.0. The summed E-state index contributed by atoms with van der Waals surface area (Å²) in [5.41, 5.74) is 0.668. The van der Waals surface area contributed by atoms with Crippen LogP contribution in [0, 0.1) is 0 Å². The molecule has 0 aliphatic rings. The fraction of sp³-hybridized carbons (Fsp3) is 0.571. The Morgan fingerprint density at radius 1 is 1.50 bits per heavy atom. The lowest BCUT2D eigenvalue weighted by atomic mass is 10.1.